The summed E-state index contributed by atoms with van der Waals surface area (Å²) < 4.78 is 36.9. The van der Waals surface area contributed by atoms with Gasteiger partial charge in [-0.05, 0) is 24.3 Å². The van der Waals surface area contributed by atoms with Gasteiger partial charge in [0.2, 0.25) is 0 Å². The molecule has 0 fully saturated rings. The molecule has 0 atom stereocenters. The number of hydrogen-bond acceptors (Lipinski definition) is 3. The van der Waals surface area contributed by atoms with Crippen molar-refractivity contribution in [2.24, 2.45) is 0 Å². The van der Waals surface area contributed by atoms with Gasteiger partial charge in [0.25, 0.3) is 0 Å². The van der Waals surface area contributed by atoms with Gasteiger partial charge >= 0.3 is 14.0 Å². The molecule has 1 aromatic carbocycles. The molecule has 76 valence electrons. The van der Waals surface area contributed by atoms with Gasteiger partial charge in [-0.2, -0.15) is 0 Å². The van der Waals surface area contributed by atoms with Gasteiger partial charge in [-0.3, -0.25) is 0 Å². The lowest BCUT2D eigenvalue weighted by molar-refractivity contribution is 0.0712. The third-order valence-electron chi connectivity index (χ3n) is 1.27. The summed E-state index contributed by atoms with van der Waals surface area (Å²) in [6, 6.07) is 5.06. The van der Waals surface area contributed by atoms with E-state index < -0.39 is 14.0 Å². The molecule has 0 unspecified atom stereocenters. The van der Waals surface area contributed by atoms with E-state index in [2.05, 4.69) is 4.52 Å². The highest BCUT2D eigenvalue weighted by Gasteiger charge is 2.26. The molecule has 7 heteroatoms. The first-order chi connectivity index (χ1) is 6.38. The minimum atomic E-state index is -5.78. The number of carbonyl (C=O) groups excluding carboxylic acids is 1. The zero-order valence-electron chi connectivity index (χ0n) is 6.62. The maximum Gasteiger partial charge on any atom is 0.612 e. The van der Waals surface area contributed by atoms with Crippen molar-refractivity contribution in [2.45, 2.75) is 0 Å². The van der Waals surface area contributed by atoms with Crippen LogP contribution >= 0.6 is 19.6 Å². The van der Waals surface area contributed by atoms with Gasteiger partial charge in [0.15, 0.2) is 0 Å². The van der Waals surface area contributed by atoms with Gasteiger partial charge in [-0.1, -0.05) is 11.6 Å². The van der Waals surface area contributed by atoms with Gasteiger partial charge in [0.1, 0.15) is 0 Å². The Morgan fingerprint density at radius 2 is 1.79 bits per heavy atom. The molecule has 14 heavy (non-hydrogen) atoms. The zero-order chi connectivity index (χ0) is 10.8. The van der Waals surface area contributed by atoms with E-state index in [9.17, 15) is 17.8 Å². The Kier molecular flexibility index (Phi) is 3.24. The molecule has 1 rings (SSSR count). The first-order valence-electron chi connectivity index (χ1n) is 3.37. The molecule has 0 spiro atoms. The van der Waals surface area contributed by atoms with Crippen LogP contribution in [0, 0.1) is 0 Å². The summed E-state index contributed by atoms with van der Waals surface area (Å²) in [6.45, 7) is 0. The van der Waals surface area contributed by atoms with Crippen LogP contribution in [0.4, 0.5) is 8.39 Å². The minimum Gasteiger partial charge on any atom is -0.360 e. The Balaban J connectivity index is 2.81. The van der Waals surface area contributed by atoms with Gasteiger partial charge in [-0.15, -0.1) is 8.39 Å². The van der Waals surface area contributed by atoms with Crippen molar-refractivity contribution in [3.8, 4) is 0 Å². The van der Waals surface area contributed by atoms with Crippen LogP contribution in [-0.4, -0.2) is 5.97 Å². The standard InChI is InChI=1S/C7H4ClF2O3P/c8-6-3-1-5(2-4-6)7(11)13-14(9,10)12/h1-4H. The van der Waals surface area contributed by atoms with E-state index >= 15 is 0 Å². The van der Waals surface area contributed by atoms with Gasteiger partial charge in [0, 0.05) is 5.02 Å². The molecule has 0 aromatic heterocycles. The van der Waals surface area contributed by atoms with Crippen molar-refractivity contribution in [3.05, 3.63) is 34.9 Å². The van der Waals surface area contributed by atoms with Crippen LogP contribution in [0.1, 0.15) is 10.4 Å². The molecule has 0 bridgehead atoms. The molecule has 0 heterocycles. The quantitative estimate of drug-likeness (QED) is 0.743. The van der Waals surface area contributed by atoms with Crippen molar-refractivity contribution < 1.29 is 22.3 Å². The summed E-state index contributed by atoms with van der Waals surface area (Å²) in [7, 11) is -5.78. The maximum atomic E-state index is 11.8. The topological polar surface area (TPSA) is 43.4 Å². The summed E-state index contributed by atoms with van der Waals surface area (Å²) >= 11 is 5.49. The second kappa shape index (κ2) is 4.07. The normalized spacial score (nSPS) is 11.1. The second-order valence-electron chi connectivity index (χ2n) is 2.30. The number of hydrogen-bond donors (Lipinski definition) is 0. The van der Waals surface area contributed by atoms with E-state index in [1.165, 1.54) is 24.3 Å². The van der Waals surface area contributed by atoms with Gasteiger partial charge in [0.05, 0.1) is 5.56 Å². The molecule has 0 saturated carbocycles. The highest BCUT2D eigenvalue weighted by molar-refractivity contribution is 7.48. The lowest BCUT2D eigenvalue weighted by atomic mass is 10.2. The summed E-state index contributed by atoms with van der Waals surface area (Å²) in [5, 5.41) is 0.352. The van der Waals surface area contributed by atoms with Crippen molar-refractivity contribution in [1.29, 1.82) is 0 Å². The van der Waals surface area contributed by atoms with Crippen molar-refractivity contribution in [1.82, 2.24) is 0 Å². The van der Waals surface area contributed by atoms with Crippen molar-refractivity contribution >= 4 is 25.6 Å². The Bertz CT molecular complexity index is 386. The summed E-state index contributed by atoms with van der Waals surface area (Å²) in [4.78, 5) is 10.9. The highest BCUT2D eigenvalue weighted by atomic mass is 35.5. The van der Waals surface area contributed by atoms with Gasteiger partial charge in [-0.25, -0.2) is 9.36 Å². The van der Waals surface area contributed by atoms with E-state index in [4.69, 9.17) is 11.6 Å². The predicted molar refractivity (Wildman–Crippen MR) is 46.7 cm³/mol. The Labute approximate surface area is 83.3 Å². The molecule has 1 aromatic rings. The summed E-state index contributed by atoms with van der Waals surface area (Å²) in [6.07, 6.45) is 0. The smallest absolute Gasteiger partial charge is 0.360 e. The number of benzene rings is 1. The van der Waals surface area contributed by atoms with Crippen molar-refractivity contribution in [3.63, 3.8) is 0 Å². The second-order valence-corrected chi connectivity index (χ2v) is 3.75. The Morgan fingerprint density at radius 3 is 2.21 bits per heavy atom. The van der Waals surface area contributed by atoms with Crippen molar-refractivity contribution in [2.75, 3.05) is 0 Å². The van der Waals surface area contributed by atoms with Crippen LogP contribution in [0.5, 0.6) is 0 Å². The van der Waals surface area contributed by atoms with E-state index in [-0.39, 0.29) is 5.56 Å². The zero-order valence-corrected chi connectivity index (χ0v) is 8.27. The lowest BCUT2D eigenvalue weighted by Crippen LogP contribution is -1.99. The molecular weight excluding hydrogens is 236 g/mol. The number of carbonyl (C=O) groups is 1. The predicted octanol–water partition coefficient (Wildman–Crippen LogP) is 3.54. The molecule has 0 radical (unpaired) electrons. The van der Waals surface area contributed by atoms with Crippen LogP contribution in [0.3, 0.4) is 0 Å². The molecular formula is C7H4ClF2O3P. The average molecular weight is 241 g/mol. The van der Waals surface area contributed by atoms with E-state index in [1.807, 2.05) is 0 Å². The molecule has 0 saturated heterocycles. The monoisotopic (exact) mass is 240 g/mol. The molecule has 0 N–H and O–H groups in total. The summed E-state index contributed by atoms with van der Waals surface area (Å²) in [5.74, 6) is -1.34. The van der Waals surface area contributed by atoms with Crippen LogP contribution in [-0.2, 0) is 9.09 Å². The molecule has 3 nitrogen and oxygen atoms in total. The molecule has 0 aliphatic carbocycles. The Morgan fingerprint density at radius 1 is 1.29 bits per heavy atom. The maximum absolute atomic E-state index is 11.8. The third-order valence-corrected chi connectivity index (χ3v) is 1.90. The van der Waals surface area contributed by atoms with E-state index in [1.54, 1.807) is 0 Å². The molecule has 0 aliphatic heterocycles. The third kappa shape index (κ3) is 3.44. The van der Waals surface area contributed by atoms with Crippen LogP contribution in [0.15, 0.2) is 24.3 Å². The lowest BCUT2D eigenvalue weighted by Gasteiger charge is -2.01. The fraction of sp³-hybridized carbons (Fsp3) is 0. The van der Waals surface area contributed by atoms with Crippen LogP contribution in [0.2, 0.25) is 5.02 Å². The fourth-order valence-corrected chi connectivity index (χ4v) is 1.16. The SMILES string of the molecule is O=C(OP(=O)(F)F)c1ccc(Cl)cc1. The highest BCUT2D eigenvalue weighted by Crippen LogP contribution is 2.50. The number of halogens is 3. The minimum absolute atomic E-state index is 0.134. The fourth-order valence-electron chi connectivity index (χ4n) is 0.735. The largest absolute Gasteiger partial charge is 0.612 e. The Hall–Kier alpha value is -0.930. The molecule has 0 aliphatic rings. The number of rotatable bonds is 2. The average Bonchev–Trinajstić information content (AvgIpc) is 2.02. The van der Waals surface area contributed by atoms with Gasteiger partial charge < -0.3 is 4.52 Å². The van der Waals surface area contributed by atoms with Crippen LogP contribution in [0.25, 0.3) is 0 Å². The van der Waals surface area contributed by atoms with E-state index in [0.29, 0.717) is 5.02 Å². The summed E-state index contributed by atoms with van der Waals surface area (Å²) in [5.41, 5.74) is -0.134. The van der Waals surface area contributed by atoms with Crippen LogP contribution < -0.4 is 0 Å². The first kappa shape index (κ1) is 11.1. The first-order valence-corrected chi connectivity index (χ1v) is 5.16. The molecule has 0 amide bonds. The van der Waals surface area contributed by atoms with E-state index in [0.717, 1.165) is 0 Å².